The average molecular weight is 314 g/mol. The van der Waals surface area contributed by atoms with Gasteiger partial charge >= 0.3 is 0 Å². The maximum absolute atomic E-state index is 13.0. The minimum Gasteiger partial charge on any atom is -0.351 e. The summed E-state index contributed by atoms with van der Waals surface area (Å²) in [7, 11) is 0. The highest BCUT2D eigenvalue weighted by atomic mass is 35.5. The SMILES string of the molecule is C[C@@H](N)C(=O)N[C@H]1CCCN(Cc2ccc(F)cc2Cl)C1. The Hall–Kier alpha value is -1.17. The lowest BCUT2D eigenvalue weighted by Crippen LogP contribution is -2.51. The van der Waals surface area contributed by atoms with E-state index in [0.717, 1.165) is 31.5 Å². The summed E-state index contributed by atoms with van der Waals surface area (Å²) in [6.07, 6.45) is 1.95. The summed E-state index contributed by atoms with van der Waals surface area (Å²) in [6, 6.07) is 4.07. The molecule has 0 saturated carbocycles. The summed E-state index contributed by atoms with van der Waals surface area (Å²) in [5.41, 5.74) is 6.47. The predicted octanol–water partition coefficient (Wildman–Crippen LogP) is 1.91. The lowest BCUT2D eigenvalue weighted by Gasteiger charge is -2.33. The van der Waals surface area contributed by atoms with Gasteiger partial charge in [-0.05, 0) is 44.0 Å². The molecule has 3 N–H and O–H groups in total. The van der Waals surface area contributed by atoms with Crippen LogP contribution in [0, 0.1) is 5.82 Å². The third kappa shape index (κ3) is 4.66. The molecule has 0 spiro atoms. The van der Waals surface area contributed by atoms with E-state index in [-0.39, 0.29) is 17.8 Å². The van der Waals surface area contributed by atoms with E-state index in [9.17, 15) is 9.18 Å². The van der Waals surface area contributed by atoms with Crippen LogP contribution in [0.15, 0.2) is 18.2 Å². The number of amides is 1. The summed E-state index contributed by atoms with van der Waals surface area (Å²) in [6.45, 7) is 4.03. The van der Waals surface area contributed by atoms with Crippen molar-refractivity contribution >= 4 is 17.5 Å². The number of nitrogens with one attached hydrogen (secondary N) is 1. The number of rotatable bonds is 4. The van der Waals surface area contributed by atoms with Gasteiger partial charge in [-0.15, -0.1) is 0 Å². The Morgan fingerprint density at radius 3 is 3.05 bits per heavy atom. The molecule has 1 aliphatic heterocycles. The Morgan fingerprint density at radius 2 is 2.38 bits per heavy atom. The second-order valence-electron chi connectivity index (χ2n) is 5.61. The van der Waals surface area contributed by atoms with Crippen LogP contribution in [0.5, 0.6) is 0 Å². The van der Waals surface area contributed by atoms with Crippen LogP contribution in [-0.4, -0.2) is 36.0 Å². The molecule has 1 aromatic carbocycles. The van der Waals surface area contributed by atoms with Crippen molar-refractivity contribution in [2.24, 2.45) is 5.73 Å². The lowest BCUT2D eigenvalue weighted by molar-refractivity contribution is -0.123. The third-order valence-electron chi connectivity index (χ3n) is 3.67. The van der Waals surface area contributed by atoms with E-state index in [1.807, 2.05) is 0 Å². The molecule has 116 valence electrons. The van der Waals surface area contributed by atoms with Crippen LogP contribution in [-0.2, 0) is 11.3 Å². The molecule has 1 amide bonds. The molecule has 6 heteroatoms. The van der Waals surface area contributed by atoms with E-state index >= 15 is 0 Å². The summed E-state index contributed by atoms with van der Waals surface area (Å²) in [4.78, 5) is 13.9. The van der Waals surface area contributed by atoms with Gasteiger partial charge in [-0.3, -0.25) is 9.69 Å². The van der Waals surface area contributed by atoms with Crippen molar-refractivity contribution in [3.05, 3.63) is 34.6 Å². The molecule has 0 bridgehead atoms. The Labute approximate surface area is 129 Å². The van der Waals surface area contributed by atoms with Crippen LogP contribution in [0.2, 0.25) is 5.02 Å². The fourth-order valence-corrected chi connectivity index (χ4v) is 2.77. The first-order chi connectivity index (χ1) is 9.95. The number of piperidine rings is 1. The largest absolute Gasteiger partial charge is 0.351 e. The average Bonchev–Trinajstić information content (AvgIpc) is 2.42. The van der Waals surface area contributed by atoms with Crippen molar-refractivity contribution in [2.45, 2.75) is 38.4 Å². The number of benzene rings is 1. The normalized spacial score (nSPS) is 21.0. The van der Waals surface area contributed by atoms with Crippen LogP contribution >= 0.6 is 11.6 Å². The molecule has 21 heavy (non-hydrogen) atoms. The van der Waals surface area contributed by atoms with Gasteiger partial charge < -0.3 is 11.1 Å². The van der Waals surface area contributed by atoms with Crippen LogP contribution in [0.4, 0.5) is 4.39 Å². The fraction of sp³-hybridized carbons (Fsp3) is 0.533. The van der Waals surface area contributed by atoms with Crippen LogP contribution in [0.3, 0.4) is 0 Å². The highest BCUT2D eigenvalue weighted by Crippen LogP contribution is 2.21. The van der Waals surface area contributed by atoms with Crippen molar-refractivity contribution in [2.75, 3.05) is 13.1 Å². The predicted molar refractivity (Wildman–Crippen MR) is 81.5 cm³/mol. The van der Waals surface area contributed by atoms with Crippen molar-refractivity contribution in [1.82, 2.24) is 10.2 Å². The van der Waals surface area contributed by atoms with E-state index in [0.29, 0.717) is 11.6 Å². The van der Waals surface area contributed by atoms with Crippen LogP contribution in [0.1, 0.15) is 25.3 Å². The van der Waals surface area contributed by atoms with E-state index in [2.05, 4.69) is 10.2 Å². The summed E-state index contributed by atoms with van der Waals surface area (Å²) in [5.74, 6) is -0.453. The molecular weight excluding hydrogens is 293 g/mol. The van der Waals surface area contributed by atoms with Crippen LogP contribution in [0.25, 0.3) is 0 Å². The summed E-state index contributed by atoms with van der Waals surface area (Å²) >= 11 is 6.06. The first-order valence-electron chi connectivity index (χ1n) is 7.18. The van der Waals surface area contributed by atoms with Gasteiger partial charge in [-0.25, -0.2) is 4.39 Å². The van der Waals surface area contributed by atoms with Gasteiger partial charge in [0.25, 0.3) is 0 Å². The number of likely N-dealkylation sites (tertiary alicyclic amines) is 1. The number of carbonyl (C=O) groups excluding carboxylic acids is 1. The number of hydrogen-bond donors (Lipinski definition) is 2. The number of nitrogens with two attached hydrogens (primary N) is 1. The van der Waals surface area contributed by atoms with Gasteiger partial charge in [0.05, 0.1) is 6.04 Å². The minimum atomic E-state index is -0.494. The molecule has 0 radical (unpaired) electrons. The first-order valence-corrected chi connectivity index (χ1v) is 7.55. The quantitative estimate of drug-likeness (QED) is 0.892. The fourth-order valence-electron chi connectivity index (χ4n) is 2.54. The standard InChI is InChI=1S/C15H21ClFN3O/c1-10(18)15(21)19-13-3-2-6-20(9-13)8-11-4-5-12(17)7-14(11)16/h4-5,7,10,13H,2-3,6,8-9,18H2,1H3,(H,19,21)/t10-,13+/m1/s1. The number of hydrogen-bond acceptors (Lipinski definition) is 3. The second kappa shape index (κ2) is 7.20. The van der Waals surface area contributed by atoms with Crippen LogP contribution < -0.4 is 11.1 Å². The molecule has 0 unspecified atom stereocenters. The second-order valence-corrected chi connectivity index (χ2v) is 6.01. The molecule has 1 saturated heterocycles. The molecule has 1 heterocycles. The molecule has 1 fully saturated rings. The van der Waals surface area contributed by atoms with Crippen molar-refractivity contribution in [3.8, 4) is 0 Å². The zero-order valence-corrected chi connectivity index (χ0v) is 12.9. The van der Waals surface area contributed by atoms with Gasteiger partial charge in [-0.1, -0.05) is 17.7 Å². The Bertz CT molecular complexity index is 510. The van der Waals surface area contributed by atoms with E-state index < -0.39 is 6.04 Å². The smallest absolute Gasteiger partial charge is 0.236 e. The summed E-state index contributed by atoms with van der Waals surface area (Å²) in [5, 5.41) is 3.40. The first kappa shape index (κ1) is 16.2. The van der Waals surface area contributed by atoms with E-state index in [4.69, 9.17) is 17.3 Å². The molecule has 2 rings (SSSR count). The molecule has 1 aliphatic rings. The van der Waals surface area contributed by atoms with Gasteiger partial charge in [0.15, 0.2) is 0 Å². The highest BCUT2D eigenvalue weighted by molar-refractivity contribution is 6.31. The van der Waals surface area contributed by atoms with Crippen molar-refractivity contribution in [1.29, 1.82) is 0 Å². The Balaban J connectivity index is 1.93. The third-order valence-corrected chi connectivity index (χ3v) is 4.03. The Morgan fingerprint density at radius 1 is 1.62 bits per heavy atom. The zero-order chi connectivity index (χ0) is 15.4. The monoisotopic (exact) mass is 313 g/mol. The van der Waals surface area contributed by atoms with Gasteiger partial charge in [-0.2, -0.15) is 0 Å². The van der Waals surface area contributed by atoms with E-state index in [1.54, 1.807) is 13.0 Å². The molecular formula is C15H21ClFN3O. The van der Waals surface area contributed by atoms with Gasteiger partial charge in [0, 0.05) is 24.2 Å². The zero-order valence-electron chi connectivity index (χ0n) is 12.1. The van der Waals surface area contributed by atoms with Crippen molar-refractivity contribution < 1.29 is 9.18 Å². The molecule has 0 aliphatic carbocycles. The number of nitrogens with zero attached hydrogens (tertiary/aromatic N) is 1. The maximum Gasteiger partial charge on any atom is 0.236 e. The minimum absolute atomic E-state index is 0.108. The lowest BCUT2D eigenvalue weighted by atomic mass is 10.0. The number of carbonyl (C=O) groups is 1. The molecule has 1 aromatic rings. The van der Waals surface area contributed by atoms with E-state index in [1.165, 1.54) is 12.1 Å². The molecule has 4 nitrogen and oxygen atoms in total. The molecule has 2 atom stereocenters. The van der Waals surface area contributed by atoms with Gasteiger partial charge in [0.1, 0.15) is 5.82 Å². The molecule has 0 aromatic heterocycles. The van der Waals surface area contributed by atoms with Gasteiger partial charge in [0.2, 0.25) is 5.91 Å². The highest BCUT2D eigenvalue weighted by Gasteiger charge is 2.22. The number of halogens is 2. The van der Waals surface area contributed by atoms with Crippen molar-refractivity contribution in [3.63, 3.8) is 0 Å². The topological polar surface area (TPSA) is 58.4 Å². The maximum atomic E-state index is 13.0. The summed E-state index contributed by atoms with van der Waals surface area (Å²) < 4.78 is 13.0. The Kier molecular flexibility index (Phi) is 5.56.